The molecule has 104 valence electrons. The van der Waals surface area contributed by atoms with Gasteiger partial charge in [0.05, 0.1) is 0 Å². The quantitative estimate of drug-likeness (QED) is 0.843. The highest BCUT2D eigenvalue weighted by molar-refractivity contribution is 5.25. The van der Waals surface area contributed by atoms with E-state index in [1.165, 1.54) is 16.8 Å². The summed E-state index contributed by atoms with van der Waals surface area (Å²) < 4.78 is 0. The van der Waals surface area contributed by atoms with Gasteiger partial charge in [0.15, 0.2) is 0 Å². The zero-order valence-electron chi connectivity index (χ0n) is 13.2. The minimum Gasteiger partial charge on any atom is -0.312 e. The Bertz CT molecular complexity index is 330. The minimum atomic E-state index is 0.512. The van der Waals surface area contributed by atoms with Crippen molar-refractivity contribution in [3.05, 3.63) is 29.1 Å². The smallest absolute Gasteiger partial charge is 0.0458 e. The van der Waals surface area contributed by atoms with Crippen molar-refractivity contribution in [1.29, 1.82) is 0 Å². The highest BCUT2D eigenvalue weighted by Crippen LogP contribution is 2.16. The molecule has 0 aliphatic rings. The van der Waals surface area contributed by atoms with Crippen molar-refractivity contribution in [2.75, 3.05) is 6.54 Å². The molecule has 0 bridgehead atoms. The Morgan fingerprint density at radius 1 is 1.17 bits per heavy atom. The standard InChI is InChI=1S/C14H24N2.C2H6/c1-10(2)7-15-8-13-6-12(5)14(11(3)4)16-9-13;1-2/h6,9-11,15H,7-8H2,1-5H3;1-2H3. The topological polar surface area (TPSA) is 24.9 Å². The number of nitrogens with one attached hydrogen (secondary N) is 1. The number of hydrogen-bond acceptors (Lipinski definition) is 2. The molecule has 1 N–H and O–H groups in total. The third kappa shape index (κ3) is 6.15. The van der Waals surface area contributed by atoms with Crippen molar-refractivity contribution in [1.82, 2.24) is 10.3 Å². The zero-order valence-corrected chi connectivity index (χ0v) is 13.2. The summed E-state index contributed by atoms with van der Waals surface area (Å²) in [5.41, 5.74) is 3.80. The Labute approximate surface area is 113 Å². The highest BCUT2D eigenvalue weighted by Gasteiger charge is 2.05. The van der Waals surface area contributed by atoms with Crippen LogP contribution in [0, 0.1) is 12.8 Å². The van der Waals surface area contributed by atoms with Crippen LogP contribution in [0.3, 0.4) is 0 Å². The molecule has 0 aromatic carbocycles. The van der Waals surface area contributed by atoms with Gasteiger partial charge < -0.3 is 5.32 Å². The molecule has 0 amide bonds. The lowest BCUT2D eigenvalue weighted by Gasteiger charge is -2.11. The van der Waals surface area contributed by atoms with Gasteiger partial charge in [-0.2, -0.15) is 0 Å². The second kappa shape index (κ2) is 9.09. The Morgan fingerprint density at radius 2 is 1.78 bits per heavy atom. The van der Waals surface area contributed by atoms with Gasteiger partial charge in [-0.3, -0.25) is 4.98 Å². The lowest BCUT2D eigenvalue weighted by Crippen LogP contribution is -2.19. The van der Waals surface area contributed by atoms with Crippen LogP contribution in [-0.2, 0) is 6.54 Å². The molecule has 18 heavy (non-hydrogen) atoms. The van der Waals surface area contributed by atoms with Gasteiger partial charge in [0.25, 0.3) is 0 Å². The van der Waals surface area contributed by atoms with Crippen LogP contribution in [-0.4, -0.2) is 11.5 Å². The number of rotatable bonds is 5. The van der Waals surface area contributed by atoms with Gasteiger partial charge >= 0.3 is 0 Å². The molecule has 1 heterocycles. The van der Waals surface area contributed by atoms with E-state index in [0.717, 1.165) is 13.1 Å². The van der Waals surface area contributed by atoms with Crippen LogP contribution in [0.5, 0.6) is 0 Å². The second-order valence-corrected chi connectivity index (χ2v) is 5.23. The molecule has 0 unspecified atom stereocenters. The monoisotopic (exact) mass is 250 g/mol. The fourth-order valence-corrected chi connectivity index (χ4v) is 1.85. The van der Waals surface area contributed by atoms with E-state index in [2.05, 4.69) is 51.0 Å². The predicted molar refractivity (Wildman–Crippen MR) is 81.0 cm³/mol. The molecule has 0 saturated heterocycles. The lowest BCUT2D eigenvalue weighted by molar-refractivity contribution is 0.551. The van der Waals surface area contributed by atoms with Crippen LogP contribution in [0.2, 0.25) is 0 Å². The lowest BCUT2D eigenvalue weighted by atomic mass is 10.0. The highest BCUT2D eigenvalue weighted by atomic mass is 14.9. The average molecular weight is 250 g/mol. The average Bonchev–Trinajstić information content (AvgIpc) is 2.30. The fourth-order valence-electron chi connectivity index (χ4n) is 1.85. The van der Waals surface area contributed by atoms with E-state index in [0.29, 0.717) is 11.8 Å². The maximum absolute atomic E-state index is 4.54. The minimum absolute atomic E-state index is 0.512. The maximum Gasteiger partial charge on any atom is 0.0458 e. The third-order valence-electron chi connectivity index (χ3n) is 2.60. The third-order valence-corrected chi connectivity index (χ3v) is 2.60. The fraction of sp³-hybridized carbons (Fsp3) is 0.688. The van der Waals surface area contributed by atoms with E-state index in [4.69, 9.17) is 0 Å². The first-order valence-electron chi connectivity index (χ1n) is 7.16. The van der Waals surface area contributed by atoms with Gasteiger partial charge in [-0.15, -0.1) is 0 Å². The second-order valence-electron chi connectivity index (χ2n) is 5.23. The van der Waals surface area contributed by atoms with Gasteiger partial charge in [0.1, 0.15) is 0 Å². The number of aryl methyl sites for hydroxylation is 1. The van der Waals surface area contributed by atoms with E-state index in [-0.39, 0.29) is 0 Å². The van der Waals surface area contributed by atoms with Crippen LogP contribution in [0.15, 0.2) is 12.3 Å². The number of nitrogens with zero attached hydrogens (tertiary/aromatic N) is 1. The summed E-state index contributed by atoms with van der Waals surface area (Å²) in [6, 6.07) is 2.25. The van der Waals surface area contributed by atoms with Gasteiger partial charge in [0, 0.05) is 18.4 Å². The first-order valence-corrected chi connectivity index (χ1v) is 7.16. The summed E-state index contributed by atoms with van der Waals surface area (Å²) in [5.74, 6) is 1.21. The van der Waals surface area contributed by atoms with Crippen molar-refractivity contribution in [3.63, 3.8) is 0 Å². The number of pyridine rings is 1. The van der Waals surface area contributed by atoms with E-state index < -0.39 is 0 Å². The predicted octanol–water partition coefficient (Wildman–Crippen LogP) is 4.29. The molecule has 1 rings (SSSR count). The first-order chi connectivity index (χ1) is 8.50. The molecular weight excluding hydrogens is 220 g/mol. The summed E-state index contributed by atoms with van der Waals surface area (Å²) in [4.78, 5) is 4.54. The van der Waals surface area contributed by atoms with Crippen LogP contribution >= 0.6 is 0 Å². The normalized spacial score (nSPS) is 10.5. The van der Waals surface area contributed by atoms with E-state index >= 15 is 0 Å². The number of hydrogen-bond donors (Lipinski definition) is 1. The van der Waals surface area contributed by atoms with Crippen LogP contribution in [0.25, 0.3) is 0 Å². The molecule has 0 radical (unpaired) electrons. The summed E-state index contributed by atoms with van der Waals surface area (Å²) in [6.07, 6.45) is 2.00. The van der Waals surface area contributed by atoms with Crippen LogP contribution in [0.1, 0.15) is 64.3 Å². The summed E-state index contributed by atoms with van der Waals surface area (Å²) in [7, 11) is 0. The van der Waals surface area contributed by atoms with E-state index in [1.807, 2.05) is 20.0 Å². The van der Waals surface area contributed by atoms with Crippen molar-refractivity contribution in [2.24, 2.45) is 5.92 Å². The van der Waals surface area contributed by atoms with Gasteiger partial charge in [-0.1, -0.05) is 47.6 Å². The summed E-state index contributed by atoms with van der Waals surface area (Å²) in [6.45, 7) is 16.9. The Kier molecular flexibility index (Phi) is 8.65. The Hall–Kier alpha value is -0.890. The van der Waals surface area contributed by atoms with E-state index in [1.54, 1.807) is 0 Å². The number of aromatic nitrogens is 1. The largest absolute Gasteiger partial charge is 0.312 e. The first kappa shape index (κ1) is 17.1. The molecule has 0 aliphatic carbocycles. The SMILES string of the molecule is CC.Cc1cc(CNCC(C)C)cnc1C(C)C. The van der Waals surface area contributed by atoms with Gasteiger partial charge in [-0.05, 0) is 36.4 Å². The Morgan fingerprint density at radius 3 is 2.22 bits per heavy atom. The molecule has 2 heteroatoms. The zero-order chi connectivity index (χ0) is 14.1. The molecule has 0 aliphatic heterocycles. The summed E-state index contributed by atoms with van der Waals surface area (Å²) >= 11 is 0. The van der Waals surface area contributed by atoms with Gasteiger partial charge in [0.2, 0.25) is 0 Å². The van der Waals surface area contributed by atoms with Crippen molar-refractivity contribution in [3.8, 4) is 0 Å². The maximum atomic E-state index is 4.54. The van der Waals surface area contributed by atoms with Crippen LogP contribution < -0.4 is 5.32 Å². The Balaban J connectivity index is 0.00000137. The molecule has 0 spiro atoms. The molecule has 1 aromatic heterocycles. The molecular formula is C16H30N2. The molecule has 1 aromatic rings. The van der Waals surface area contributed by atoms with Crippen molar-refractivity contribution < 1.29 is 0 Å². The summed E-state index contributed by atoms with van der Waals surface area (Å²) in [5, 5.41) is 3.44. The molecule has 2 nitrogen and oxygen atoms in total. The van der Waals surface area contributed by atoms with Crippen molar-refractivity contribution in [2.45, 2.75) is 60.9 Å². The molecule has 0 fully saturated rings. The van der Waals surface area contributed by atoms with Gasteiger partial charge in [-0.25, -0.2) is 0 Å². The molecule has 0 saturated carbocycles. The van der Waals surface area contributed by atoms with E-state index in [9.17, 15) is 0 Å². The van der Waals surface area contributed by atoms with Crippen LogP contribution in [0.4, 0.5) is 0 Å². The molecule has 0 atom stereocenters. The van der Waals surface area contributed by atoms with Crippen molar-refractivity contribution >= 4 is 0 Å².